The van der Waals surface area contributed by atoms with Crippen LogP contribution in [0.2, 0.25) is 0 Å². The zero-order valence-corrected chi connectivity index (χ0v) is 16.7. The molecule has 0 aliphatic heterocycles. The normalized spacial score (nSPS) is 12.3. The molecule has 0 saturated carbocycles. The Labute approximate surface area is 161 Å². The summed E-state index contributed by atoms with van der Waals surface area (Å²) in [4.78, 5) is 12.5. The van der Waals surface area contributed by atoms with Crippen LogP contribution in [0.1, 0.15) is 18.9 Å². The number of sulfonamides is 1. The summed E-state index contributed by atoms with van der Waals surface area (Å²) < 4.78 is 30.9. The van der Waals surface area contributed by atoms with Crippen molar-refractivity contribution < 1.29 is 17.9 Å². The van der Waals surface area contributed by atoms with Gasteiger partial charge in [0.05, 0.1) is 19.1 Å². The lowest BCUT2D eigenvalue weighted by molar-refractivity contribution is -0.121. The number of carbonyl (C=O) groups excluding carboxylic acids is 1. The van der Waals surface area contributed by atoms with Crippen LogP contribution in [0.5, 0.6) is 5.75 Å². The summed E-state index contributed by atoms with van der Waals surface area (Å²) in [5.74, 6) is 0.188. The van der Waals surface area contributed by atoms with E-state index in [4.69, 9.17) is 4.74 Å². The predicted molar refractivity (Wildman–Crippen MR) is 108 cm³/mol. The number of nitrogens with one attached hydrogen (secondary N) is 1. The van der Waals surface area contributed by atoms with Crippen LogP contribution in [-0.4, -0.2) is 40.3 Å². The van der Waals surface area contributed by atoms with Gasteiger partial charge in [-0.1, -0.05) is 36.4 Å². The quantitative estimate of drug-likeness (QED) is 0.668. The number of carbonyl (C=O) groups is 1. The van der Waals surface area contributed by atoms with Gasteiger partial charge in [-0.3, -0.25) is 9.10 Å². The maximum absolute atomic E-state index is 12.5. The van der Waals surface area contributed by atoms with Crippen molar-refractivity contribution >= 4 is 21.6 Å². The number of hydrogen-bond donors (Lipinski definition) is 1. The van der Waals surface area contributed by atoms with Gasteiger partial charge in [0.2, 0.25) is 15.9 Å². The van der Waals surface area contributed by atoms with Gasteiger partial charge in [-0.2, -0.15) is 0 Å². The Bertz CT molecular complexity index is 853. The van der Waals surface area contributed by atoms with E-state index >= 15 is 0 Å². The zero-order valence-electron chi connectivity index (χ0n) is 15.9. The molecular weight excluding hydrogens is 364 g/mol. The van der Waals surface area contributed by atoms with E-state index in [1.807, 2.05) is 30.3 Å². The third-order valence-electron chi connectivity index (χ3n) is 4.18. The second-order valence-electron chi connectivity index (χ2n) is 6.32. The van der Waals surface area contributed by atoms with E-state index in [1.165, 1.54) is 12.7 Å². The molecule has 0 aromatic heterocycles. The molecule has 27 heavy (non-hydrogen) atoms. The van der Waals surface area contributed by atoms with Crippen molar-refractivity contribution in [3.63, 3.8) is 0 Å². The first-order valence-corrected chi connectivity index (χ1v) is 10.6. The average molecular weight is 391 g/mol. The highest BCUT2D eigenvalue weighted by molar-refractivity contribution is 7.92. The van der Waals surface area contributed by atoms with Crippen LogP contribution in [0.4, 0.5) is 5.69 Å². The van der Waals surface area contributed by atoms with Crippen molar-refractivity contribution in [2.24, 2.45) is 0 Å². The third-order valence-corrected chi connectivity index (χ3v) is 5.42. The first-order chi connectivity index (χ1) is 12.8. The zero-order chi connectivity index (χ0) is 19.9. The number of benzene rings is 2. The Morgan fingerprint density at radius 2 is 1.85 bits per heavy atom. The SMILES string of the molecule is COc1cccc(N([C@@H](C)C(=O)NCCCc2ccccc2)S(C)(=O)=O)c1. The molecule has 2 aromatic carbocycles. The standard InChI is InChI=1S/C20H26N2O4S/c1-16(20(23)21-14-8-11-17-9-5-4-6-10-17)22(27(3,24)25)18-12-7-13-19(15-18)26-2/h4-7,9-10,12-13,15-16H,8,11,14H2,1-3H3,(H,21,23)/t16-/m0/s1. The Kier molecular flexibility index (Phi) is 7.24. The fourth-order valence-electron chi connectivity index (χ4n) is 2.85. The fourth-order valence-corrected chi connectivity index (χ4v) is 4.02. The van der Waals surface area contributed by atoms with Crippen molar-refractivity contribution in [1.29, 1.82) is 0 Å². The van der Waals surface area contributed by atoms with E-state index in [-0.39, 0.29) is 5.91 Å². The van der Waals surface area contributed by atoms with E-state index in [0.717, 1.165) is 23.4 Å². The molecule has 1 N–H and O–H groups in total. The minimum atomic E-state index is -3.64. The van der Waals surface area contributed by atoms with Crippen LogP contribution in [0.15, 0.2) is 54.6 Å². The van der Waals surface area contributed by atoms with Gasteiger partial charge in [0.1, 0.15) is 11.8 Å². The molecule has 7 heteroatoms. The molecule has 0 heterocycles. The van der Waals surface area contributed by atoms with E-state index in [9.17, 15) is 13.2 Å². The number of anilines is 1. The molecule has 0 radical (unpaired) electrons. The molecule has 0 unspecified atom stereocenters. The lowest BCUT2D eigenvalue weighted by Crippen LogP contribution is -2.48. The minimum absolute atomic E-state index is 0.337. The lowest BCUT2D eigenvalue weighted by atomic mass is 10.1. The topological polar surface area (TPSA) is 75.7 Å². The van der Waals surface area contributed by atoms with Crippen LogP contribution >= 0.6 is 0 Å². The molecule has 0 fully saturated rings. The number of ether oxygens (including phenoxy) is 1. The first-order valence-electron chi connectivity index (χ1n) is 8.78. The molecule has 0 spiro atoms. The van der Waals surface area contributed by atoms with Gasteiger partial charge in [0, 0.05) is 12.6 Å². The van der Waals surface area contributed by atoms with Gasteiger partial charge in [-0.15, -0.1) is 0 Å². The molecule has 0 aliphatic carbocycles. The van der Waals surface area contributed by atoms with Crippen molar-refractivity contribution in [2.45, 2.75) is 25.8 Å². The van der Waals surface area contributed by atoms with Gasteiger partial charge >= 0.3 is 0 Å². The monoisotopic (exact) mass is 390 g/mol. The molecule has 0 aliphatic rings. The van der Waals surface area contributed by atoms with E-state index < -0.39 is 16.1 Å². The molecule has 0 bridgehead atoms. The van der Waals surface area contributed by atoms with Crippen molar-refractivity contribution in [3.8, 4) is 5.75 Å². The van der Waals surface area contributed by atoms with Gasteiger partial charge in [-0.05, 0) is 37.5 Å². The molecular formula is C20H26N2O4S. The predicted octanol–water partition coefficient (Wildman–Crippen LogP) is 2.60. The Morgan fingerprint density at radius 3 is 2.48 bits per heavy atom. The summed E-state index contributed by atoms with van der Waals surface area (Å²) >= 11 is 0. The summed E-state index contributed by atoms with van der Waals surface area (Å²) in [6.45, 7) is 2.06. The van der Waals surface area contributed by atoms with Crippen LogP contribution in [0.3, 0.4) is 0 Å². The molecule has 1 amide bonds. The van der Waals surface area contributed by atoms with Crippen molar-refractivity contribution in [2.75, 3.05) is 24.2 Å². The molecule has 1 atom stereocenters. The number of methoxy groups -OCH3 is 1. The molecule has 2 rings (SSSR count). The van der Waals surface area contributed by atoms with Crippen molar-refractivity contribution in [3.05, 3.63) is 60.2 Å². The summed E-state index contributed by atoms with van der Waals surface area (Å²) in [6, 6.07) is 15.8. The lowest BCUT2D eigenvalue weighted by Gasteiger charge is -2.28. The van der Waals surface area contributed by atoms with Crippen molar-refractivity contribution in [1.82, 2.24) is 5.32 Å². The Morgan fingerprint density at radius 1 is 1.15 bits per heavy atom. The highest BCUT2D eigenvalue weighted by Gasteiger charge is 2.29. The number of nitrogens with zero attached hydrogens (tertiary/aromatic N) is 1. The van der Waals surface area contributed by atoms with E-state index in [1.54, 1.807) is 31.2 Å². The second kappa shape index (κ2) is 9.41. The number of rotatable bonds is 9. The Balaban J connectivity index is 2.02. The maximum atomic E-state index is 12.5. The Hall–Kier alpha value is -2.54. The maximum Gasteiger partial charge on any atom is 0.243 e. The van der Waals surface area contributed by atoms with Crippen LogP contribution < -0.4 is 14.4 Å². The highest BCUT2D eigenvalue weighted by Crippen LogP contribution is 2.25. The van der Waals surface area contributed by atoms with Gasteiger partial charge in [-0.25, -0.2) is 8.42 Å². The summed E-state index contributed by atoms with van der Waals surface area (Å²) in [6.07, 6.45) is 2.72. The van der Waals surface area contributed by atoms with E-state index in [2.05, 4.69) is 5.32 Å². The highest BCUT2D eigenvalue weighted by atomic mass is 32.2. The minimum Gasteiger partial charge on any atom is -0.497 e. The summed E-state index contributed by atoms with van der Waals surface area (Å²) in [5, 5.41) is 2.83. The first kappa shape index (κ1) is 20.8. The van der Waals surface area contributed by atoms with Gasteiger partial charge in [0.15, 0.2) is 0 Å². The second-order valence-corrected chi connectivity index (χ2v) is 8.18. The average Bonchev–Trinajstić information content (AvgIpc) is 2.65. The number of aryl methyl sites for hydroxylation is 1. The fraction of sp³-hybridized carbons (Fsp3) is 0.350. The third kappa shape index (κ3) is 5.99. The van der Waals surface area contributed by atoms with E-state index in [0.29, 0.717) is 18.0 Å². The molecule has 2 aromatic rings. The number of hydrogen-bond acceptors (Lipinski definition) is 4. The molecule has 0 saturated heterocycles. The molecule has 6 nitrogen and oxygen atoms in total. The van der Waals surface area contributed by atoms with Crippen LogP contribution in [-0.2, 0) is 21.2 Å². The van der Waals surface area contributed by atoms with Crippen LogP contribution in [0, 0.1) is 0 Å². The largest absolute Gasteiger partial charge is 0.497 e. The molecule has 146 valence electrons. The number of amides is 1. The summed E-state index contributed by atoms with van der Waals surface area (Å²) in [7, 11) is -2.14. The summed E-state index contributed by atoms with van der Waals surface area (Å²) in [5.41, 5.74) is 1.60. The van der Waals surface area contributed by atoms with Gasteiger partial charge in [0.25, 0.3) is 0 Å². The van der Waals surface area contributed by atoms with Crippen LogP contribution in [0.25, 0.3) is 0 Å². The smallest absolute Gasteiger partial charge is 0.243 e. The van der Waals surface area contributed by atoms with Gasteiger partial charge < -0.3 is 10.1 Å².